The molecule has 1 aromatic rings. The van der Waals surface area contributed by atoms with Crippen molar-refractivity contribution < 1.29 is 0 Å². The molecule has 5 heteroatoms. The molecule has 0 bridgehead atoms. The Balaban J connectivity index is 3.28. The van der Waals surface area contributed by atoms with Crippen LogP contribution in [-0.2, 0) is 0 Å². The molecule has 0 aliphatic heterocycles. The number of halogens is 1. The molecule has 0 spiro atoms. The van der Waals surface area contributed by atoms with Gasteiger partial charge in [-0.2, -0.15) is 0 Å². The van der Waals surface area contributed by atoms with Gasteiger partial charge in [0.25, 0.3) is 0 Å². The predicted octanol–water partition coefficient (Wildman–Crippen LogP) is 1.09. The van der Waals surface area contributed by atoms with Crippen LogP contribution in [0.15, 0.2) is 0 Å². The number of rotatable bonds is 1. The van der Waals surface area contributed by atoms with Crippen molar-refractivity contribution in [1.29, 1.82) is 0 Å². The van der Waals surface area contributed by atoms with Crippen molar-refractivity contribution in [3.8, 4) is 0 Å². The van der Waals surface area contributed by atoms with Crippen LogP contribution >= 0.6 is 11.6 Å². The first-order valence-corrected chi connectivity index (χ1v) is 3.87. The molecular formula is C7H11ClN4. The molecule has 0 unspecified atom stereocenters. The van der Waals surface area contributed by atoms with Crippen LogP contribution in [-0.4, -0.2) is 24.1 Å². The first-order valence-electron chi connectivity index (χ1n) is 3.49. The Hall–Kier alpha value is -1.03. The lowest BCUT2D eigenvalue weighted by atomic mass is 10.5. The van der Waals surface area contributed by atoms with E-state index in [1.165, 1.54) is 0 Å². The maximum atomic E-state index is 5.87. The Kier molecular flexibility index (Phi) is 2.38. The number of nitrogen functional groups attached to an aromatic ring is 1. The number of aryl methyl sites for hydroxylation is 1. The third-order valence-corrected chi connectivity index (χ3v) is 1.76. The highest BCUT2D eigenvalue weighted by Crippen LogP contribution is 2.25. The van der Waals surface area contributed by atoms with E-state index in [1.807, 2.05) is 14.1 Å². The summed E-state index contributed by atoms with van der Waals surface area (Å²) in [4.78, 5) is 9.86. The van der Waals surface area contributed by atoms with Crippen molar-refractivity contribution in [3.05, 3.63) is 10.8 Å². The molecular weight excluding hydrogens is 176 g/mol. The standard InChI is InChI=1S/C7H11ClN4/c1-4-10-6(9)5(8)7(11-4)12(2)3/h1-3H3,(H2,9,10,11). The first kappa shape index (κ1) is 9.06. The summed E-state index contributed by atoms with van der Waals surface area (Å²) in [5.41, 5.74) is 5.55. The van der Waals surface area contributed by atoms with E-state index in [9.17, 15) is 0 Å². The molecule has 0 fully saturated rings. The van der Waals surface area contributed by atoms with Gasteiger partial charge in [0.2, 0.25) is 0 Å². The van der Waals surface area contributed by atoms with Crippen LogP contribution in [0.4, 0.5) is 11.6 Å². The maximum Gasteiger partial charge on any atom is 0.152 e. The summed E-state index contributed by atoms with van der Waals surface area (Å²) in [5, 5.41) is 0.408. The van der Waals surface area contributed by atoms with Crippen molar-refractivity contribution in [1.82, 2.24) is 9.97 Å². The molecule has 0 saturated heterocycles. The molecule has 1 aromatic heterocycles. The van der Waals surface area contributed by atoms with Crippen LogP contribution in [0, 0.1) is 6.92 Å². The highest BCUT2D eigenvalue weighted by Gasteiger charge is 2.09. The summed E-state index contributed by atoms with van der Waals surface area (Å²) in [6.45, 7) is 1.78. The molecule has 0 amide bonds. The zero-order chi connectivity index (χ0) is 9.30. The second-order valence-electron chi connectivity index (χ2n) is 2.69. The van der Waals surface area contributed by atoms with Crippen molar-refractivity contribution in [3.63, 3.8) is 0 Å². The smallest absolute Gasteiger partial charge is 0.152 e. The summed E-state index contributed by atoms with van der Waals surface area (Å²) in [6.07, 6.45) is 0. The minimum Gasteiger partial charge on any atom is -0.382 e. The molecule has 2 N–H and O–H groups in total. The van der Waals surface area contributed by atoms with Crippen LogP contribution in [0.2, 0.25) is 5.02 Å². The van der Waals surface area contributed by atoms with E-state index in [0.29, 0.717) is 22.5 Å². The second kappa shape index (κ2) is 3.15. The highest BCUT2D eigenvalue weighted by atomic mass is 35.5. The third kappa shape index (κ3) is 1.58. The Morgan fingerprint density at radius 1 is 1.33 bits per heavy atom. The van der Waals surface area contributed by atoms with E-state index < -0.39 is 0 Å². The van der Waals surface area contributed by atoms with E-state index in [0.717, 1.165) is 0 Å². The summed E-state index contributed by atoms with van der Waals surface area (Å²) < 4.78 is 0. The Labute approximate surface area is 76.4 Å². The van der Waals surface area contributed by atoms with Crippen LogP contribution in [0.5, 0.6) is 0 Å². The van der Waals surface area contributed by atoms with E-state index in [1.54, 1.807) is 11.8 Å². The fourth-order valence-electron chi connectivity index (χ4n) is 0.862. The van der Waals surface area contributed by atoms with Gasteiger partial charge in [-0.25, -0.2) is 9.97 Å². The number of hydrogen-bond acceptors (Lipinski definition) is 4. The molecule has 66 valence electrons. The van der Waals surface area contributed by atoms with Crippen LogP contribution in [0.1, 0.15) is 5.82 Å². The fourth-order valence-corrected chi connectivity index (χ4v) is 1.12. The van der Waals surface area contributed by atoms with Crippen molar-refractivity contribution in [2.75, 3.05) is 24.7 Å². The Morgan fingerprint density at radius 3 is 2.42 bits per heavy atom. The minimum atomic E-state index is 0.327. The molecule has 0 aliphatic carbocycles. The van der Waals surface area contributed by atoms with Gasteiger partial charge in [0.15, 0.2) is 5.82 Å². The van der Waals surface area contributed by atoms with E-state index in [4.69, 9.17) is 17.3 Å². The average molecular weight is 187 g/mol. The van der Waals surface area contributed by atoms with Gasteiger partial charge in [-0.15, -0.1) is 0 Å². The van der Waals surface area contributed by atoms with Crippen molar-refractivity contribution >= 4 is 23.2 Å². The molecule has 0 aromatic carbocycles. The SMILES string of the molecule is Cc1nc(N)c(Cl)c(N(C)C)n1. The fraction of sp³-hybridized carbons (Fsp3) is 0.429. The van der Waals surface area contributed by atoms with Gasteiger partial charge in [-0.1, -0.05) is 11.6 Å². The van der Waals surface area contributed by atoms with Gasteiger partial charge in [0.1, 0.15) is 16.7 Å². The van der Waals surface area contributed by atoms with Gasteiger partial charge >= 0.3 is 0 Å². The van der Waals surface area contributed by atoms with Gasteiger partial charge in [0.05, 0.1) is 0 Å². The van der Waals surface area contributed by atoms with Crippen LogP contribution in [0.3, 0.4) is 0 Å². The van der Waals surface area contributed by atoms with Gasteiger partial charge in [0, 0.05) is 14.1 Å². The molecule has 12 heavy (non-hydrogen) atoms. The maximum absolute atomic E-state index is 5.87. The average Bonchev–Trinajstić information content (AvgIpc) is 1.96. The van der Waals surface area contributed by atoms with Gasteiger partial charge < -0.3 is 10.6 Å². The van der Waals surface area contributed by atoms with Crippen LogP contribution in [0.25, 0.3) is 0 Å². The molecule has 1 rings (SSSR count). The quantitative estimate of drug-likeness (QED) is 0.714. The Morgan fingerprint density at radius 2 is 1.92 bits per heavy atom. The lowest BCUT2D eigenvalue weighted by molar-refractivity contribution is 0.994. The monoisotopic (exact) mass is 186 g/mol. The lowest BCUT2D eigenvalue weighted by Crippen LogP contribution is -2.13. The number of aromatic nitrogens is 2. The van der Waals surface area contributed by atoms with E-state index in [-0.39, 0.29) is 0 Å². The number of hydrogen-bond donors (Lipinski definition) is 1. The summed E-state index contributed by atoms with van der Waals surface area (Å²) in [6, 6.07) is 0. The first-order chi connectivity index (χ1) is 5.52. The molecule has 0 aliphatic rings. The summed E-state index contributed by atoms with van der Waals surface area (Å²) in [7, 11) is 3.71. The number of nitrogens with two attached hydrogens (primary N) is 1. The van der Waals surface area contributed by atoms with Crippen molar-refractivity contribution in [2.45, 2.75) is 6.92 Å². The van der Waals surface area contributed by atoms with Gasteiger partial charge in [-0.05, 0) is 6.92 Å². The predicted molar refractivity (Wildman–Crippen MR) is 50.5 cm³/mol. The zero-order valence-corrected chi connectivity index (χ0v) is 8.05. The normalized spacial score (nSPS) is 10.0. The van der Waals surface area contributed by atoms with Gasteiger partial charge in [-0.3, -0.25) is 0 Å². The molecule has 0 saturated carbocycles. The second-order valence-corrected chi connectivity index (χ2v) is 3.07. The molecule has 1 heterocycles. The number of anilines is 2. The van der Waals surface area contributed by atoms with Crippen molar-refractivity contribution in [2.24, 2.45) is 0 Å². The topological polar surface area (TPSA) is 55.0 Å². The highest BCUT2D eigenvalue weighted by molar-refractivity contribution is 6.35. The zero-order valence-electron chi connectivity index (χ0n) is 7.30. The van der Waals surface area contributed by atoms with Crippen LogP contribution < -0.4 is 10.6 Å². The Bertz CT molecular complexity index is 298. The molecule has 0 atom stereocenters. The molecule has 4 nitrogen and oxygen atoms in total. The van der Waals surface area contributed by atoms with E-state index in [2.05, 4.69) is 9.97 Å². The molecule has 0 radical (unpaired) electrons. The number of nitrogens with zero attached hydrogens (tertiary/aromatic N) is 3. The minimum absolute atomic E-state index is 0.327. The summed E-state index contributed by atoms with van der Waals surface area (Å²) >= 11 is 5.87. The third-order valence-electron chi connectivity index (χ3n) is 1.39. The van der Waals surface area contributed by atoms with E-state index >= 15 is 0 Å². The largest absolute Gasteiger partial charge is 0.382 e. The summed E-state index contributed by atoms with van der Waals surface area (Å²) in [5.74, 6) is 1.61. The lowest BCUT2D eigenvalue weighted by Gasteiger charge is -2.13.